The van der Waals surface area contributed by atoms with Gasteiger partial charge in [0.05, 0.1) is 0 Å². The molecule has 1 N–H and O–H groups in total. The van der Waals surface area contributed by atoms with E-state index >= 15 is 0 Å². The first-order valence-corrected chi connectivity index (χ1v) is 8.40. The van der Waals surface area contributed by atoms with Gasteiger partial charge >= 0.3 is 0 Å². The maximum Gasteiger partial charge on any atom is 0.0346 e. The minimum Gasteiger partial charge on any atom is -0.308 e. The fourth-order valence-corrected chi connectivity index (χ4v) is 3.33. The first kappa shape index (κ1) is 16.2. The van der Waals surface area contributed by atoms with Gasteiger partial charge in [-0.3, -0.25) is 0 Å². The van der Waals surface area contributed by atoms with Gasteiger partial charge in [0.2, 0.25) is 0 Å². The van der Waals surface area contributed by atoms with Crippen LogP contribution in [-0.4, -0.2) is 31.6 Å². The van der Waals surface area contributed by atoms with Crippen LogP contribution in [0.3, 0.4) is 0 Å². The van der Waals surface area contributed by atoms with Gasteiger partial charge in [-0.05, 0) is 37.7 Å². The second-order valence-electron chi connectivity index (χ2n) is 6.13. The average Bonchev–Trinajstić information content (AvgIpc) is 2.92. The van der Waals surface area contributed by atoms with Crippen molar-refractivity contribution in [3.8, 4) is 10.4 Å². The van der Waals surface area contributed by atoms with Crippen molar-refractivity contribution in [2.75, 3.05) is 20.6 Å². The average molecular weight is 302 g/mol. The minimum absolute atomic E-state index is 0.530. The van der Waals surface area contributed by atoms with Crippen LogP contribution in [0, 0.1) is 5.92 Å². The fraction of sp³-hybridized carbons (Fsp3) is 0.444. The lowest BCUT2D eigenvalue weighted by Gasteiger charge is -2.25. The molecule has 2 nitrogen and oxygen atoms in total. The lowest BCUT2D eigenvalue weighted by atomic mass is 10.0. The Labute approximate surface area is 132 Å². The number of hydrogen-bond donors (Lipinski definition) is 1. The molecule has 1 unspecified atom stereocenters. The van der Waals surface area contributed by atoms with Crippen LogP contribution in [-0.2, 0) is 6.54 Å². The van der Waals surface area contributed by atoms with Gasteiger partial charge in [-0.15, -0.1) is 11.3 Å². The fourth-order valence-electron chi connectivity index (χ4n) is 2.37. The third kappa shape index (κ3) is 4.95. The molecule has 0 amide bonds. The van der Waals surface area contributed by atoms with Crippen LogP contribution >= 0.6 is 11.3 Å². The second-order valence-corrected chi connectivity index (χ2v) is 7.29. The first-order chi connectivity index (χ1) is 10.1. The molecule has 0 fully saturated rings. The van der Waals surface area contributed by atoms with E-state index in [2.05, 4.69) is 80.6 Å². The van der Waals surface area contributed by atoms with E-state index in [0.29, 0.717) is 12.0 Å². The van der Waals surface area contributed by atoms with E-state index < -0.39 is 0 Å². The van der Waals surface area contributed by atoms with Gasteiger partial charge in [0.25, 0.3) is 0 Å². The van der Waals surface area contributed by atoms with Crippen LogP contribution in [0.25, 0.3) is 10.4 Å². The molecule has 21 heavy (non-hydrogen) atoms. The smallest absolute Gasteiger partial charge is 0.0346 e. The molecule has 0 spiro atoms. The highest BCUT2D eigenvalue weighted by Crippen LogP contribution is 2.27. The summed E-state index contributed by atoms with van der Waals surface area (Å²) in [7, 11) is 4.27. The predicted octanol–water partition coefficient (Wildman–Crippen LogP) is 4.09. The largest absolute Gasteiger partial charge is 0.308 e. The molecule has 0 saturated heterocycles. The summed E-state index contributed by atoms with van der Waals surface area (Å²) >= 11 is 1.88. The monoisotopic (exact) mass is 302 g/mol. The van der Waals surface area contributed by atoms with Crippen molar-refractivity contribution in [3.63, 3.8) is 0 Å². The summed E-state index contributed by atoms with van der Waals surface area (Å²) in [4.78, 5) is 5.00. The Kier molecular flexibility index (Phi) is 5.97. The van der Waals surface area contributed by atoms with Gasteiger partial charge < -0.3 is 10.2 Å². The van der Waals surface area contributed by atoms with Crippen molar-refractivity contribution in [2.45, 2.75) is 26.4 Å². The van der Waals surface area contributed by atoms with Crippen LogP contribution in [0.5, 0.6) is 0 Å². The number of thiophene rings is 1. The second kappa shape index (κ2) is 7.74. The molecule has 0 saturated carbocycles. The first-order valence-electron chi connectivity index (χ1n) is 7.58. The number of nitrogens with one attached hydrogen (secondary N) is 1. The van der Waals surface area contributed by atoms with Crippen LogP contribution < -0.4 is 5.32 Å². The molecule has 0 aliphatic rings. The molecular formula is C18H26N2S. The van der Waals surface area contributed by atoms with Crippen LogP contribution in [0.4, 0.5) is 0 Å². The summed E-state index contributed by atoms with van der Waals surface area (Å²) in [6, 6.07) is 15.6. The van der Waals surface area contributed by atoms with E-state index in [4.69, 9.17) is 0 Å². The summed E-state index contributed by atoms with van der Waals surface area (Å²) in [6.07, 6.45) is 0. The Balaban J connectivity index is 1.96. The number of likely N-dealkylation sites (N-methyl/N-ethyl adjacent to an activating group) is 1. The third-order valence-electron chi connectivity index (χ3n) is 3.63. The highest BCUT2D eigenvalue weighted by Gasteiger charge is 2.14. The molecule has 3 heteroatoms. The predicted molar refractivity (Wildman–Crippen MR) is 93.8 cm³/mol. The molecule has 2 aromatic rings. The van der Waals surface area contributed by atoms with Gasteiger partial charge in [0.15, 0.2) is 0 Å². The number of nitrogens with zero attached hydrogens (tertiary/aromatic N) is 1. The Morgan fingerprint density at radius 3 is 2.38 bits per heavy atom. The van der Waals surface area contributed by atoms with Crippen LogP contribution in [0.1, 0.15) is 18.7 Å². The zero-order valence-corrected chi connectivity index (χ0v) is 14.3. The number of rotatable bonds is 7. The lowest BCUT2D eigenvalue weighted by Crippen LogP contribution is -2.41. The van der Waals surface area contributed by atoms with Gasteiger partial charge in [-0.1, -0.05) is 44.2 Å². The molecule has 0 bridgehead atoms. The number of benzene rings is 1. The molecular weight excluding hydrogens is 276 g/mol. The van der Waals surface area contributed by atoms with Crippen LogP contribution in [0.2, 0.25) is 0 Å². The Hall–Kier alpha value is -1.16. The third-order valence-corrected chi connectivity index (χ3v) is 4.76. The van der Waals surface area contributed by atoms with E-state index in [0.717, 1.165) is 13.1 Å². The minimum atomic E-state index is 0.530. The standard InChI is InChI=1S/C18H26N2S/c1-14(2)17(13-20(3)4)19-12-16-10-11-18(21-16)15-8-6-5-7-9-15/h5-11,14,17,19H,12-13H2,1-4H3. The Bertz CT molecular complexity index is 531. The van der Waals surface area contributed by atoms with E-state index in [1.54, 1.807) is 0 Å². The summed E-state index contributed by atoms with van der Waals surface area (Å²) in [5, 5.41) is 3.70. The lowest BCUT2D eigenvalue weighted by molar-refractivity contribution is 0.288. The van der Waals surface area contributed by atoms with Crippen molar-refractivity contribution in [3.05, 3.63) is 47.3 Å². The molecule has 114 valence electrons. The summed E-state index contributed by atoms with van der Waals surface area (Å²) < 4.78 is 0. The molecule has 1 heterocycles. The normalized spacial score (nSPS) is 13.0. The van der Waals surface area contributed by atoms with Crippen molar-refractivity contribution in [1.29, 1.82) is 0 Å². The van der Waals surface area contributed by atoms with Gasteiger partial charge in [0, 0.05) is 28.9 Å². The molecule has 1 aromatic carbocycles. The zero-order chi connectivity index (χ0) is 15.2. The Morgan fingerprint density at radius 1 is 1.05 bits per heavy atom. The maximum atomic E-state index is 3.70. The maximum absolute atomic E-state index is 3.70. The highest BCUT2D eigenvalue weighted by molar-refractivity contribution is 7.15. The molecule has 2 rings (SSSR count). The molecule has 1 aromatic heterocycles. The summed E-state index contributed by atoms with van der Waals surface area (Å²) in [5.74, 6) is 0.640. The molecule has 0 radical (unpaired) electrons. The van der Waals surface area contributed by atoms with Crippen molar-refractivity contribution < 1.29 is 0 Å². The SMILES string of the molecule is CC(C)C(CN(C)C)NCc1ccc(-c2ccccc2)s1. The quantitative estimate of drug-likeness (QED) is 0.828. The van der Waals surface area contributed by atoms with Gasteiger partial charge in [-0.2, -0.15) is 0 Å². The van der Waals surface area contributed by atoms with E-state index in [9.17, 15) is 0 Å². The Morgan fingerprint density at radius 2 is 1.76 bits per heavy atom. The van der Waals surface area contributed by atoms with Gasteiger partial charge in [-0.25, -0.2) is 0 Å². The van der Waals surface area contributed by atoms with Crippen LogP contribution in [0.15, 0.2) is 42.5 Å². The zero-order valence-electron chi connectivity index (χ0n) is 13.5. The highest BCUT2D eigenvalue weighted by atomic mass is 32.1. The molecule has 1 atom stereocenters. The van der Waals surface area contributed by atoms with Crippen molar-refractivity contribution >= 4 is 11.3 Å². The summed E-state index contributed by atoms with van der Waals surface area (Å²) in [6.45, 7) is 6.60. The summed E-state index contributed by atoms with van der Waals surface area (Å²) in [5.41, 5.74) is 1.31. The molecule has 0 aliphatic heterocycles. The van der Waals surface area contributed by atoms with Crippen molar-refractivity contribution in [1.82, 2.24) is 10.2 Å². The van der Waals surface area contributed by atoms with E-state index in [1.807, 2.05) is 11.3 Å². The van der Waals surface area contributed by atoms with Crippen molar-refractivity contribution in [2.24, 2.45) is 5.92 Å². The topological polar surface area (TPSA) is 15.3 Å². The van der Waals surface area contributed by atoms with E-state index in [-0.39, 0.29) is 0 Å². The van der Waals surface area contributed by atoms with E-state index in [1.165, 1.54) is 15.3 Å². The van der Waals surface area contributed by atoms with Gasteiger partial charge in [0.1, 0.15) is 0 Å². The number of hydrogen-bond acceptors (Lipinski definition) is 3. The molecule has 0 aliphatic carbocycles.